The third-order valence-electron chi connectivity index (χ3n) is 3.85. The Kier molecular flexibility index (Phi) is 3.06. The highest BCUT2D eigenvalue weighted by molar-refractivity contribution is 5.94. The summed E-state index contributed by atoms with van der Waals surface area (Å²) in [7, 11) is 0. The van der Waals surface area contributed by atoms with E-state index in [-0.39, 0.29) is 18.1 Å². The highest BCUT2D eigenvalue weighted by Gasteiger charge is 2.41. The van der Waals surface area contributed by atoms with Gasteiger partial charge in [-0.2, -0.15) is 0 Å². The maximum atomic E-state index is 12.1. The van der Waals surface area contributed by atoms with Crippen LogP contribution in [-0.2, 0) is 11.3 Å². The normalized spacial score (nSPS) is 29.5. The van der Waals surface area contributed by atoms with Crippen LogP contribution in [0.4, 0.5) is 0 Å². The Morgan fingerprint density at radius 2 is 2.33 bits per heavy atom. The van der Waals surface area contributed by atoms with Crippen molar-refractivity contribution in [2.75, 3.05) is 0 Å². The highest BCUT2D eigenvalue weighted by atomic mass is 16.5. The van der Waals surface area contributed by atoms with Crippen LogP contribution in [0.15, 0.2) is 24.3 Å². The van der Waals surface area contributed by atoms with E-state index in [1.807, 2.05) is 24.3 Å². The first-order valence-corrected chi connectivity index (χ1v) is 6.51. The fraction of sp³-hybridized carbons (Fsp3) is 0.500. The summed E-state index contributed by atoms with van der Waals surface area (Å²) in [6, 6.07) is 7.65. The van der Waals surface area contributed by atoms with Gasteiger partial charge in [0.15, 0.2) is 0 Å². The largest absolute Gasteiger partial charge is 0.373 e. The number of rotatable bonds is 3. The van der Waals surface area contributed by atoms with Crippen LogP contribution in [-0.4, -0.2) is 24.2 Å². The highest BCUT2D eigenvalue weighted by Crippen LogP contribution is 2.34. The van der Waals surface area contributed by atoms with E-state index in [0.29, 0.717) is 18.2 Å². The number of hydrogen-bond acceptors (Lipinski definition) is 3. The van der Waals surface area contributed by atoms with Crippen molar-refractivity contribution in [1.82, 2.24) is 5.32 Å². The first kappa shape index (κ1) is 11.7. The molecule has 2 heterocycles. The maximum absolute atomic E-state index is 12.1. The Morgan fingerprint density at radius 3 is 3.00 bits per heavy atom. The molecule has 3 rings (SSSR count). The van der Waals surface area contributed by atoms with Gasteiger partial charge in [-0.25, -0.2) is 0 Å². The van der Waals surface area contributed by atoms with Crippen LogP contribution in [0.5, 0.6) is 0 Å². The fourth-order valence-electron chi connectivity index (χ4n) is 2.88. The lowest BCUT2D eigenvalue weighted by Gasteiger charge is -2.20. The van der Waals surface area contributed by atoms with Gasteiger partial charge in [-0.15, -0.1) is 0 Å². The first-order chi connectivity index (χ1) is 8.76. The van der Waals surface area contributed by atoms with E-state index < -0.39 is 0 Å². The second-order valence-electron chi connectivity index (χ2n) is 5.09. The van der Waals surface area contributed by atoms with Crippen LogP contribution in [0.25, 0.3) is 0 Å². The zero-order chi connectivity index (χ0) is 12.5. The second-order valence-corrected chi connectivity index (χ2v) is 5.09. The third-order valence-corrected chi connectivity index (χ3v) is 3.85. The van der Waals surface area contributed by atoms with Crippen molar-refractivity contribution in [1.29, 1.82) is 0 Å². The molecule has 2 aliphatic rings. The van der Waals surface area contributed by atoms with Gasteiger partial charge in [0.25, 0.3) is 5.91 Å². The van der Waals surface area contributed by atoms with E-state index in [0.717, 1.165) is 24.8 Å². The summed E-state index contributed by atoms with van der Waals surface area (Å²) < 4.78 is 5.73. The lowest BCUT2D eigenvalue weighted by atomic mass is 9.95. The summed E-state index contributed by atoms with van der Waals surface area (Å²) in [5.41, 5.74) is 7.24. The van der Waals surface area contributed by atoms with E-state index in [4.69, 9.17) is 10.5 Å². The van der Waals surface area contributed by atoms with Gasteiger partial charge in [-0.1, -0.05) is 12.1 Å². The smallest absolute Gasteiger partial charge is 0.251 e. The predicted molar refractivity (Wildman–Crippen MR) is 68.1 cm³/mol. The van der Waals surface area contributed by atoms with E-state index in [9.17, 15) is 4.79 Å². The quantitative estimate of drug-likeness (QED) is 0.842. The first-order valence-electron chi connectivity index (χ1n) is 6.51. The van der Waals surface area contributed by atoms with Gasteiger partial charge < -0.3 is 15.8 Å². The number of fused-ring (bicyclic) bond motifs is 2. The molecule has 4 nitrogen and oxygen atoms in total. The summed E-state index contributed by atoms with van der Waals surface area (Å²) in [4.78, 5) is 12.1. The Labute approximate surface area is 107 Å². The molecule has 2 fully saturated rings. The molecular formula is C14H18N2O2. The molecule has 2 saturated heterocycles. The van der Waals surface area contributed by atoms with Crippen LogP contribution in [0.1, 0.15) is 35.2 Å². The molecule has 1 aromatic carbocycles. The number of benzene rings is 1. The lowest BCUT2D eigenvalue weighted by Crippen LogP contribution is -2.41. The van der Waals surface area contributed by atoms with Crippen LogP contribution in [0.2, 0.25) is 0 Å². The average molecular weight is 246 g/mol. The van der Waals surface area contributed by atoms with E-state index in [1.165, 1.54) is 0 Å². The van der Waals surface area contributed by atoms with Gasteiger partial charge in [0.1, 0.15) is 0 Å². The number of amides is 1. The molecule has 0 saturated carbocycles. The molecule has 2 bridgehead atoms. The van der Waals surface area contributed by atoms with Gasteiger partial charge >= 0.3 is 0 Å². The number of nitrogens with one attached hydrogen (secondary N) is 1. The van der Waals surface area contributed by atoms with E-state index in [1.54, 1.807) is 0 Å². The zero-order valence-corrected chi connectivity index (χ0v) is 10.3. The molecule has 96 valence electrons. The maximum Gasteiger partial charge on any atom is 0.251 e. The molecule has 3 N–H and O–H groups in total. The third kappa shape index (κ3) is 2.13. The molecular weight excluding hydrogens is 228 g/mol. The van der Waals surface area contributed by atoms with Gasteiger partial charge in [0.2, 0.25) is 0 Å². The Balaban J connectivity index is 1.67. The van der Waals surface area contributed by atoms with Crippen LogP contribution in [0, 0.1) is 0 Å². The minimum atomic E-state index is -0.0218. The van der Waals surface area contributed by atoms with E-state index in [2.05, 4.69) is 5.32 Å². The number of ether oxygens (including phenoxy) is 1. The van der Waals surface area contributed by atoms with Crippen LogP contribution >= 0.6 is 0 Å². The van der Waals surface area contributed by atoms with Crippen molar-refractivity contribution in [3.05, 3.63) is 35.4 Å². The summed E-state index contributed by atoms with van der Waals surface area (Å²) in [5, 5.41) is 3.07. The summed E-state index contributed by atoms with van der Waals surface area (Å²) in [5.74, 6) is -0.0218. The molecule has 1 amide bonds. The van der Waals surface area contributed by atoms with Gasteiger partial charge in [-0.05, 0) is 37.0 Å². The Hall–Kier alpha value is -1.39. The van der Waals surface area contributed by atoms with Gasteiger partial charge in [-0.3, -0.25) is 4.79 Å². The Morgan fingerprint density at radius 1 is 1.44 bits per heavy atom. The molecule has 0 aromatic heterocycles. The molecule has 0 spiro atoms. The number of carbonyl (C=O) groups excluding carboxylic acids is 1. The minimum absolute atomic E-state index is 0.0218. The SMILES string of the molecule is NCc1cccc(C(=O)NC2CC3CCC2O3)c1. The summed E-state index contributed by atoms with van der Waals surface area (Å²) >= 11 is 0. The summed E-state index contributed by atoms with van der Waals surface area (Å²) in [6.07, 6.45) is 3.73. The molecule has 3 atom stereocenters. The average Bonchev–Trinajstić information content (AvgIpc) is 3.01. The molecule has 2 aliphatic heterocycles. The number of carbonyl (C=O) groups is 1. The van der Waals surface area contributed by atoms with Crippen molar-refractivity contribution in [2.24, 2.45) is 5.73 Å². The van der Waals surface area contributed by atoms with Crippen molar-refractivity contribution in [2.45, 2.75) is 44.1 Å². The number of hydrogen-bond donors (Lipinski definition) is 2. The molecule has 0 radical (unpaired) electrons. The topological polar surface area (TPSA) is 64.4 Å². The minimum Gasteiger partial charge on any atom is -0.373 e. The molecule has 3 unspecified atom stereocenters. The standard InChI is InChI=1S/C14H18N2O2/c15-8-9-2-1-3-10(6-9)14(17)16-12-7-11-4-5-13(12)18-11/h1-3,6,11-13H,4-5,7-8,15H2,(H,16,17). The zero-order valence-electron chi connectivity index (χ0n) is 10.3. The molecule has 18 heavy (non-hydrogen) atoms. The predicted octanol–water partition coefficient (Wildman–Crippen LogP) is 1.19. The van der Waals surface area contributed by atoms with Crippen molar-refractivity contribution in [3.8, 4) is 0 Å². The fourth-order valence-corrected chi connectivity index (χ4v) is 2.88. The number of nitrogens with two attached hydrogens (primary N) is 1. The van der Waals surface area contributed by atoms with Crippen LogP contribution < -0.4 is 11.1 Å². The second kappa shape index (κ2) is 4.71. The summed E-state index contributed by atoms with van der Waals surface area (Å²) in [6.45, 7) is 0.457. The van der Waals surface area contributed by atoms with Gasteiger partial charge in [0, 0.05) is 12.1 Å². The van der Waals surface area contributed by atoms with E-state index >= 15 is 0 Å². The molecule has 1 aromatic rings. The van der Waals surface area contributed by atoms with Crippen molar-refractivity contribution < 1.29 is 9.53 Å². The van der Waals surface area contributed by atoms with Crippen molar-refractivity contribution in [3.63, 3.8) is 0 Å². The van der Waals surface area contributed by atoms with Crippen LogP contribution in [0.3, 0.4) is 0 Å². The van der Waals surface area contributed by atoms with Gasteiger partial charge in [0.05, 0.1) is 18.2 Å². The van der Waals surface area contributed by atoms with Crippen molar-refractivity contribution >= 4 is 5.91 Å². The molecule has 4 heteroatoms. The lowest BCUT2D eigenvalue weighted by molar-refractivity contribution is 0.0841. The molecule has 0 aliphatic carbocycles. The monoisotopic (exact) mass is 246 g/mol. The Bertz CT molecular complexity index is 461.